The molecule has 0 aromatic rings. The largest absolute Gasteiger partial charge is 0.378 e. The Kier molecular flexibility index (Phi) is 8.17. The predicted octanol–water partition coefficient (Wildman–Crippen LogP) is 1.95. The summed E-state index contributed by atoms with van der Waals surface area (Å²) >= 11 is 0. The first-order valence-electron chi connectivity index (χ1n) is 6.60. The average molecular weight is 244 g/mol. The summed E-state index contributed by atoms with van der Waals surface area (Å²) < 4.78 is 5.62. The second kappa shape index (κ2) is 8.48. The van der Waals surface area contributed by atoms with Crippen LogP contribution in [0.3, 0.4) is 0 Å². The summed E-state index contributed by atoms with van der Waals surface area (Å²) in [4.78, 5) is 11.0. The van der Waals surface area contributed by atoms with Crippen LogP contribution in [0.2, 0.25) is 0 Å². The normalized spacial score (nSPS) is 16.5. The maximum Gasteiger partial charge on any atom is 0.237 e. The fourth-order valence-electron chi connectivity index (χ4n) is 1.54. The third-order valence-electron chi connectivity index (χ3n) is 3.05. The van der Waals surface area contributed by atoms with E-state index < -0.39 is 11.4 Å². The fraction of sp³-hybridized carbons (Fsp3) is 0.923. The third-order valence-corrected chi connectivity index (χ3v) is 3.05. The molecule has 0 aromatic carbocycles. The number of nitrogens with two attached hydrogens (primary N) is 2. The van der Waals surface area contributed by atoms with Gasteiger partial charge in [0.2, 0.25) is 5.91 Å². The number of amides is 1. The van der Waals surface area contributed by atoms with Crippen molar-refractivity contribution in [3.8, 4) is 0 Å². The standard InChI is InChI=1S/C13H28N2O2/c1-4-5-6-7-8-11(2)17-10-9-13(3,15)12(14)16/h11H,4-10,15H2,1-3H3,(H2,14,16). The van der Waals surface area contributed by atoms with Gasteiger partial charge in [-0.1, -0.05) is 32.6 Å². The van der Waals surface area contributed by atoms with Gasteiger partial charge < -0.3 is 16.2 Å². The zero-order valence-electron chi connectivity index (χ0n) is 11.5. The molecule has 4 nitrogen and oxygen atoms in total. The van der Waals surface area contributed by atoms with Crippen LogP contribution in [-0.2, 0) is 9.53 Å². The zero-order chi connectivity index (χ0) is 13.3. The molecule has 4 N–H and O–H groups in total. The van der Waals surface area contributed by atoms with Gasteiger partial charge in [-0.15, -0.1) is 0 Å². The molecule has 0 spiro atoms. The van der Waals surface area contributed by atoms with Crippen molar-refractivity contribution < 1.29 is 9.53 Å². The first-order valence-corrected chi connectivity index (χ1v) is 6.60. The van der Waals surface area contributed by atoms with Crippen LogP contribution < -0.4 is 11.5 Å². The van der Waals surface area contributed by atoms with E-state index in [0.29, 0.717) is 13.0 Å². The molecule has 102 valence electrons. The Morgan fingerprint density at radius 3 is 2.53 bits per heavy atom. The highest BCUT2D eigenvalue weighted by Crippen LogP contribution is 2.10. The lowest BCUT2D eigenvalue weighted by Crippen LogP contribution is -2.50. The minimum Gasteiger partial charge on any atom is -0.378 e. The minimum atomic E-state index is -0.956. The molecule has 0 fully saturated rings. The van der Waals surface area contributed by atoms with E-state index in [4.69, 9.17) is 16.2 Å². The van der Waals surface area contributed by atoms with Crippen molar-refractivity contribution >= 4 is 5.91 Å². The van der Waals surface area contributed by atoms with Gasteiger partial charge in [0.1, 0.15) is 0 Å². The van der Waals surface area contributed by atoms with Crippen LogP contribution in [0.5, 0.6) is 0 Å². The topological polar surface area (TPSA) is 78.3 Å². The molecule has 0 aliphatic rings. The smallest absolute Gasteiger partial charge is 0.237 e. The molecule has 0 aliphatic carbocycles. The summed E-state index contributed by atoms with van der Waals surface area (Å²) in [5.41, 5.74) is 9.96. The molecule has 17 heavy (non-hydrogen) atoms. The third kappa shape index (κ3) is 8.16. The molecule has 0 aromatic heterocycles. The van der Waals surface area contributed by atoms with Crippen molar-refractivity contribution in [2.24, 2.45) is 11.5 Å². The van der Waals surface area contributed by atoms with Crippen LogP contribution in [0.1, 0.15) is 59.3 Å². The highest BCUT2D eigenvalue weighted by atomic mass is 16.5. The number of carbonyl (C=O) groups excluding carboxylic acids is 1. The molecule has 0 saturated heterocycles. The first kappa shape index (κ1) is 16.4. The molecule has 2 atom stereocenters. The van der Waals surface area contributed by atoms with E-state index in [1.165, 1.54) is 25.7 Å². The van der Waals surface area contributed by atoms with Gasteiger partial charge in [-0.05, 0) is 26.7 Å². The Labute approximate surface area is 105 Å². The van der Waals surface area contributed by atoms with E-state index >= 15 is 0 Å². The van der Waals surface area contributed by atoms with Gasteiger partial charge in [0.05, 0.1) is 11.6 Å². The number of hydrogen-bond acceptors (Lipinski definition) is 3. The highest BCUT2D eigenvalue weighted by molar-refractivity contribution is 5.83. The second-order valence-corrected chi connectivity index (χ2v) is 5.06. The molecule has 0 radical (unpaired) electrons. The summed E-state index contributed by atoms with van der Waals surface area (Å²) in [5.74, 6) is -0.475. The SMILES string of the molecule is CCCCCCC(C)OCCC(C)(N)C(N)=O. The Bertz CT molecular complexity index is 217. The van der Waals surface area contributed by atoms with Crippen LogP contribution in [0.4, 0.5) is 0 Å². The van der Waals surface area contributed by atoms with Crippen molar-refractivity contribution in [3.05, 3.63) is 0 Å². The van der Waals surface area contributed by atoms with Crippen molar-refractivity contribution in [2.45, 2.75) is 70.9 Å². The molecule has 0 aliphatic heterocycles. The maximum absolute atomic E-state index is 11.0. The van der Waals surface area contributed by atoms with E-state index in [9.17, 15) is 4.79 Å². The number of carbonyl (C=O) groups is 1. The Morgan fingerprint density at radius 2 is 2.00 bits per heavy atom. The zero-order valence-corrected chi connectivity index (χ0v) is 11.5. The summed E-state index contributed by atoms with van der Waals surface area (Å²) in [7, 11) is 0. The lowest BCUT2D eigenvalue weighted by Gasteiger charge is -2.21. The molecule has 0 bridgehead atoms. The molecule has 0 heterocycles. The van der Waals surface area contributed by atoms with Gasteiger partial charge in [-0.2, -0.15) is 0 Å². The minimum absolute atomic E-state index is 0.232. The Hall–Kier alpha value is -0.610. The highest BCUT2D eigenvalue weighted by Gasteiger charge is 2.25. The van der Waals surface area contributed by atoms with Crippen LogP contribution >= 0.6 is 0 Å². The van der Waals surface area contributed by atoms with Crippen molar-refractivity contribution in [3.63, 3.8) is 0 Å². The number of unbranched alkanes of at least 4 members (excludes halogenated alkanes) is 3. The Balaban J connectivity index is 3.57. The number of rotatable bonds is 10. The molecule has 0 rings (SSSR count). The predicted molar refractivity (Wildman–Crippen MR) is 70.6 cm³/mol. The lowest BCUT2D eigenvalue weighted by molar-refractivity contribution is -0.123. The molecular formula is C13H28N2O2. The van der Waals surface area contributed by atoms with Gasteiger partial charge in [0, 0.05) is 6.61 Å². The molecule has 1 amide bonds. The summed E-state index contributed by atoms with van der Waals surface area (Å²) in [6, 6.07) is 0. The lowest BCUT2D eigenvalue weighted by atomic mass is 9.99. The van der Waals surface area contributed by atoms with Gasteiger partial charge >= 0.3 is 0 Å². The van der Waals surface area contributed by atoms with Crippen molar-refractivity contribution in [2.75, 3.05) is 6.61 Å². The summed E-state index contributed by atoms with van der Waals surface area (Å²) in [5, 5.41) is 0. The molecular weight excluding hydrogens is 216 g/mol. The average Bonchev–Trinajstić information content (AvgIpc) is 2.24. The first-order chi connectivity index (χ1) is 7.90. The van der Waals surface area contributed by atoms with E-state index in [-0.39, 0.29) is 6.10 Å². The maximum atomic E-state index is 11.0. The quantitative estimate of drug-likeness (QED) is 0.577. The monoisotopic (exact) mass is 244 g/mol. The van der Waals surface area contributed by atoms with E-state index in [1.807, 2.05) is 0 Å². The van der Waals surface area contributed by atoms with E-state index in [0.717, 1.165) is 6.42 Å². The van der Waals surface area contributed by atoms with Gasteiger partial charge in [0.15, 0.2) is 0 Å². The van der Waals surface area contributed by atoms with Crippen molar-refractivity contribution in [1.29, 1.82) is 0 Å². The van der Waals surface area contributed by atoms with Gasteiger partial charge in [-0.3, -0.25) is 4.79 Å². The fourth-order valence-corrected chi connectivity index (χ4v) is 1.54. The van der Waals surface area contributed by atoms with Crippen LogP contribution in [0.25, 0.3) is 0 Å². The number of primary amides is 1. The van der Waals surface area contributed by atoms with E-state index in [2.05, 4.69) is 13.8 Å². The van der Waals surface area contributed by atoms with Gasteiger partial charge in [-0.25, -0.2) is 0 Å². The second-order valence-electron chi connectivity index (χ2n) is 5.06. The molecule has 4 heteroatoms. The van der Waals surface area contributed by atoms with E-state index in [1.54, 1.807) is 6.92 Å². The summed E-state index contributed by atoms with van der Waals surface area (Å²) in [6.07, 6.45) is 6.77. The number of ether oxygens (including phenoxy) is 1. The van der Waals surface area contributed by atoms with Gasteiger partial charge in [0.25, 0.3) is 0 Å². The molecule has 2 unspecified atom stereocenters. The van der Waals surface area contributed by atoms with Crippen LogP contribution in [0.15, 0.2) is 0 Å². The summed E-state index contributed by atoms with van der Waals surface area (Å²) in [6.45, 7) is 6.39. The van der Waals surface area contributed by atoms with Crippen molar-refractivity contribution in [1.82, 2.24) is 0 Å². The molecule has 0 saturated carbocycles. The number of hydrogen-bond donors (Lipinski definition) is 2. The Morgan fingerprint density at radius 1 is 1.35 bits per heavy atom. The van der Waals surface area contributed by atoms with Crippen LogP contribution in [-0.4, -0.2) is 24.2 Å². The van der Waals surface area contributed by atoms with Crippen LogP contribution in [0, 0.1) is 0 Å².